The highest BCUT2D eigenvalue weighted by Gasteiger charge is 2.22. The molecule has 0 saturated heterocycles. The number of halogens is 1. The highest BCUT2D eigenvalue weighted by atomic mass is 32.1. The smallest absolute Gasteiger partial charge is 0.227 e. The van der Waals surface area contributed by atoms with Crippen LogP contribution >= 0.6 is 11.3 Å². The van der Waals surface area contributed by atoms with E-state index in [-0.39, 0.29) is 11.7 Å². The Bertz CT molecular complexity index is 954. The molecule has 3 aromatic rings. The lowest BCUT2D eigenvalue weighted by Gasteiger charge is -2.19. The summed E-state index contributed by atoms with van der Waals surface area (Å²) in [6.07, 6.45) is 1.92. The minimum Gasteiger partial charge on any atom is -0.342 e. The Morgan fingerprint density at radius 2 is 1.93 bits per heavy atom. The number of aromatic nitrogens is 2. The van der Waals surface area contributed by atoms with Gasteiger partial charge in [0.15, 0.2) is 5.82 Å². The molecule has 0 bridgehead atoms. The molecule has 1 aromatic carbocycles. The minimum atomic E-state index is -0.273. The third kappa shape index (κ3) is 3.90. The van der Waals surface area contributed by atoms with Crippen LogP contribution in [0.1, 0.15) is 22.5 Å². The molecule has 4 rings (SSSR count). The van der Waals surface area contributed by atoms with Gasteiger partial charge in [0.1, 0.15) is 5.82 Å². The second-order valence-corrected chi connectivity index (χ2v) is 7.53. The van der Waals surface area contributed by atoms with Crippen LogP contribution in [0, 0.1) is 12.7 Å². The number of hydrogen-bond acceptors (Lipinski definition) is 4. The van der Waals surface area contributed by atoms with Crippen LogP contribution in [0.5, 0.6) is 0 Å². The fraction of sp³-hybridized carbons (Fsp3) is 0.286. The zero-order valence-electron chi connectivity index (χ0n) is 15.1. The number of nitrogens with zero attached hydrogens (tertiary/aromatic N) is 3. The second-order valence-electron chi connectivity index (χ2n) is 6.75. The van der Waals surface area contributed by atoms with E-state index in [0.717, 1.165) is 34.5 Å². The van der Waals surface area contributed by atoms with Crippen LogP contribution in [-0.2, 0) is 24.1 Å². The van der Waals surface area contributed by atoms with Crippen molar-refractivity contribution in [2.75, 3.05) is 13.1 Å². The predicted octanol–water partition coefficient (Wildman–Crippen LogP) is 3.82. The Kier molecular flexibility index (Phi) is 4.99. The van der Waals surface area contributed by atoms with Gasteiger partial charge in [-0.3, -0.25) is 4.79 Å². The number of hydrogen-bond donors (Lipinski definition) is 0. The van der Waals surface area contributed by atoms with Crippen LogP contribution in [0.2, 0.25) is 0 Å². The number of thiophene rings is 1. The topological polar surface area (TPSA) is 46.1 Å². The van der Waals surface area contributed by atoms with Gasteiger partial charge in [-0.25, -0.2) is 14.4 Å². The van der Waals surface area contributed by atoms with Crippen molar-refractivity contribution >= 4 is 17.2 Å². The Morgan fingerprint density at radius 3 is 2.67 bits per heavy atom. The van der Waals surface area contributed by atoms with Gasteiger partial charge in [-0.1, -0.05) is 0 Å². The Labute approximate surface area is 161 Å². The van der Waals surface area contributed by atoms with Gasteiger partial charge in [-0.2, -0.15) is 11.3 Å². The van der Waals surface area contributed by atoms with Crippen LogP contribution in [0.4, 0.5) is 4.39 Å². The zero-order chi connectivity index (χ0) is 18.8. The maximum Gasteiger partial charge on any atom is 0.227 e. The molecule has 0 unspecified atom stereocenters. The first-order valence-corrected chi connectivity index (χ1v) is 9.95. The summed E-state index contributed by atoms with van der Waals surface area (Å²) in [5, 5.41) is 4.02. The van der Waals surface area contributed by atoms with E-state index in [4.69, 9.17) is 4.98 Å². The van der Waals surface area contributed by atoms with Crippen LogP contribution in [0.15, 0.2) is 41.1 Å². The van der Waals surface area contributed by atoms with Crippen molar-refractivity contribution < 1.29 is 9.18 Å². The summed E-state index contributed by atoms with van der Waals surface area (Å²) in [6.45, 7) is 3.34. The monoisotopic (exact) mass is 381 g/mol. The largest absolute Gasteiger partial charge is 0.342 e. The fourth-order valence-corrected chi connectivity index (χ4v) is 4.11. The van der Waals surface area contributed by atoms with E-state index >= 15 is 0 Å². The van der Waals surface area contributed by atoms with Crippen molar-refractivity contribution in [1.29, 1.82) is 0 Å². The SMILES string of the molecule is Cc1nc(-c2ccc(F)cc2)nc2c1CCN(C(=O)Cc1ccsc1)CC2. The fourth-order valence-electron chi connectivity index (χ4n) is 3.44. The number of carbonyl (C=O) groups is 1. The second kappa shape index (κ2) is 7.56. The Morgan fingerprint density at radius 1 is 1.15 bits per heavy atom. The number of fused-ring (bicyclic) bond motifs is 1. The van der Waals surface area contributed by atoms with Crippen LogP contribution in [0.3, 0.4) is 0 Å². The molecule has 0 N–H and O–H groups in total. The molecule has 0 saturated carbocycles. The maximum absolute atomic E-state index is 13.2. The van der Waals surface area contributed by atoms with E-state index in [0.29, 0.717) is 31.8 Å². The van der Waals surface area contributed by atoms with Gasteiger partial charge in [-0.15, -0.1) is 0 Å². The van der Waals surface area contributed by atoms with E-state index in [1.807, 2.05) is 28.7 Å². The molecule has 6 heteroatoms. The molecule has 138 valence electrons. The molecule has 0 atom stereocenters. The molecule has 1 amide bonds. The van der Waals surface area contributed by atoms with Crippen molar-refractivity contribution in [1.82, 2.24) is 14.9 Å². The third-order valence-corrected chi connectivity index (χ3v) is 5.67. The first-order valence-electron chi connectivity index (χ1n) is 9.01. The van der Waals surface area contributed by atoms with Crippen molar-refractivity contribution in [2.45, 2.75) is 26.2 Å². The quantitative estimate of drug-likeness (QED) is 0.693. The van der Waals surface area contributed by atoms with Crippen LogP contribution < -0.4 is 0 Å². The summed E-state index contributed by atoms with van der Waals surface area (Å²) in [4.78, 5) is 23.9. The van der Waals surface area contributed by atoms with Crippen molar-refractivity contribution in [3.8, 4) is 11.4 Å². The Balaban J connectivity index is 1.54. The van der Waals surface area contributed by atoms with E-state index in [9.17, 15) is 9.18 Å². The lowest BCUT2D eigenvalue weighted by atomic mass is 10.1. The zero-order valence-corrected chi connectivity index (χ0v) is 15.9. The molecule has 0 fully saturated rings. The van der Waals surface area contributed by atoms with Gasteiger partial charge in [-0.05, 0) is 65.6 Å². The molecular weight excluding hydrogens is 361 g/mol. The molecule has 0 aliphatic carbocycles. The molecule has 27 heavy (non-hydrogen) atoms. The number of rotatable bonds is 3. The predicted molar refractivity (Wildman–Crippen MR) is 104 cm³/mol. The Hall–Kier alpha value is -2.60. The van der Waals surface area contributed by atoms with Gasteiger partial charge in [0.2, 0.25) is 5.91 Å². The third-order valence-electron chi connectivity index (χ3n) is 4.94. The number of amides is 1. The molecule has 0 radical (unpaired) electrons. The minimum absolute atomic E-state index is 0.158. The van der Waals surface area contributed by atoms with E-state index in [1.165, 1.54) is 12.1 Å². The van der Waals surface area contributed by atoms with Gasteiger partial charge in [0.05, 0.1) is 6.42 Å². The van der Waals surface area contributed by atoms with Gasteiger partial charge < -0.3 is 4.90 Å². The molecule has 1 aliphatic rings. The van der Waals surface area contributed by atoms with E-state index in [1.54, 1.807) is 23.5 Å². The number of aryl methyl sites for hydroxylation is 1. The standard InChI is InChI=1S/C21H20FN3OS/c1-14-18-6-9-25(20(26)12-15-8-11-27-13-15)10-7-19(18)24-21(23-14)16-2-4-17(22)5-3-16/h2-5,8,11,13H,6-7,9-10,12H2,1H3. The van der Waals surface area contributed by atoms with Gasteiger partial charge in [0.25, 0.3) is 0 Å². The van der Waals surface area contributed by atoms with E-state index in [2.05, 4.69) is 4.98 Å². The number of benzene rings is 1. The average molecular weight is 381 g/mol. The lowest BCUT2D eigenvalue weighted by molar-refractivity contribution is -0.130. The molecule has 4 nitrogen and oxygen atoms in total. The van der Waals surface area contributed by atoms with Crippen molar-refractivity contribution in [2.24, 2.45) is 0 Å². The lowest BCUT2D eigenvalue weighted by Crippen LogP contribution is -2.34. The molecule has 3 heterocycles. The van der Waals surface area contributed by atoms with Gasteiger partial charge >= 0.3 is 0 Å². The highest BCUT2D eigenvalue weighted by molar-refractivity contribution is 7.08. The van der Waals surface area contributed by atoms with Crippen molar-refractivity contribution in [3.05, 3.63) is 69.4 Å². The molecule has 2 aromatic heterocycles. The first-order chi connectivity index (χ1) is 13.1. The highest BCUT2D eigenvalue weighted by Crippen LogP contribution is 2.23. The molecular formula is C21H20FN3OS. The van der Waals surface area contributed by atoms with E-state index < -0.39 is 0 Å². The summed E-state index contributed by atoms with van der Waals surface area (Å²) in [5.41, 5.74) is 4.93. The normalized spacial score (nSPS) is 13.9. The summed E-state index contributed by atoms with van der Waals surface area (Å²) in [7, 11) is 0. The summed E-state index contributed by atoms with van der Waals surface area (Å²) >= 11 is 1.61. The average Bonchev–Trinajstić information content (AvgIpc) is 3.06. The van der Waals surface area contributed by atoms with Crippen LogP contribution in [0.25, 0.3) is 11.4 Å². The summed E-state index contributed by atoms with van der Waals surface area (Å²) < 4.78 is 13.2. The molecule has 1 aliphatic heterocycles. The van der Waals surface area contributed by atoms with Crippen LogP contribution in [-0.4, -0.2) is 33.9 Å². The number of carbonyl (C=O) groups excluding carboxylic acids is 1. The maximum atomic E-state index is 13.2. The van der Waals surface area contributed by atoms with Crippen molar-refractivity contribution in [3.63, 3.8) is 0 Å². The van der Waals surface area contributed by atoms with Gasteiger partial charge in [0, 0.05) is 36.5 Å². The first kappa shape index (κ1) is 17.8. The molecule has 0 spiro atoms. The summed E-state index contributed by atoms with van der Waals surface area (Å²) in [6, 6.07) is 8.24. The summed E-state index contributed by atoms with van der Waals surface area (Å²) in [5.74, 6) is 0.500.